The van der Waals surface area contributed by atoms with Crippen molar-refractivity contribution in [3.8, 4) is 6.07 Å². The Hall–Kier alpha value is -0.550. The number of aliphatic hydroxyl groups excluding tert-OH is 1. The third-order valence-electron chi connectivity index (χ3n) is 8.59. The Morgan fingerprint density at radius 1 is 1.00 bits per heavy atom. The van der Waals surface area contributed by atoms with Crippen LogP contribution in [0.3, 0.4) is 0 Å². The summed E-state index contributed by atoms with van der Waals surface area (Å²) in [5.41, 5.74) is 0.910. The average molecular weight is 301 g/mol. The monoisotopic (exact) mass is 301 g/mol. The van der Waals surface area contributed by atoms with E-state index >= 15 is 0 Å². The summed E-state index contributed by atoms with van der Waals surface area (Å²) >= 11 is 0. The first-order chi connectivity index (χ1) is 10.5. The number of nitrogens with zero attached hydrogens (tertiary/aromatic N) is 1. The summed E-state index contributed by atoms with van der Waals surface area (Å²) in [7, 11) is 0. The quantitative estimate of drug-likeness (QED) is 0.714. The smallest absolute Gasteiger partial charge is 0.0656 e. The second-order valence-electron chi connectivity index (χ2n) is 9.54. The topological polar surface area (TPSA) is 44.0 Å². The van der Waals surface area contributed by atoms with Gasteiger partial charge in [-0.3, -0.25) is 0 Å². The lowest BCUT2D eigenvalue weighted by molar-refractivity contribution is -0.120. The van der Waals surface area contributed by atoms with Crippen molar-refractivity contribution >= 4 is 0 Å². The van der Waals surface area contributed by atoms with Gasteiger partial charge in [0.1, 0.15) is 0 Å². The van der Waals surface area contributed by atoms with Gasteiger partial charge in [-0.15, -0.1) is 0 Å². The van der Waals surface area contributed by atoms with Crippen molar-refractivity contribution in [1.29, 1.82) is 5.26 Å². The molecule has 0 radical (unpaired) electrons. The van der Waals surface area contributed by atoms with Crippen LogP contribution in [0.4, 0.5) is 0 Å². The molecule has 0 aromatic rings. The Morgan fingerprint density at radius 3 is 2.59 bits per heavy atom. The molecule has 0 spiro atoms. The lowest BCUT2D eigenvalue weighted by Crippen LogP contribution is -2.53. The summed E-state index contributed by atoms with van der Waals surface area (Å²) in [6, 6.07) is 2.58. The van der Waals surface area contributed by atoms with E-state index in [1.54, 1.807) is 0 Å². The molecule has 0 aromatic heterocycles. The van der Waals surface area contributed by atoms with Crippen LogP contribution in [0.2, 0.25) is 0 Å². The minimum atomic E-state index is -0.0436. The molecular formula is C20H31NO. The van der Waals surface area contributed by atoms with Crippen molar-refractivity contribution in [2.24, 2.45) is 40.4 Å². The maximum atomic E-state index is 10.1. The predicted octanol–water partition coefficient (Wildman–Crippen LogP) is 4.53. The number of hydrogen-bond acceptors (Lipinski definition) is 2. The van der Waals surface area contributed by atoms with Gasteiger partial charge < -0.3 is 5.11 Å². The van der Waals surface area contributed by atoms with Crippen LogP contribution >= 0.6 is 0 Å². The Labute approximate surface area is 135 Å². The molecule has 1 N–H and O–H groups in total. The number of fused-ring (bicyclic) bond motifs is 5. The normalized spacial score (nSPS) is 57.4. The molecule has 2 nitrogen and oxygen atoms in total. The van der Waals surface area contributed by atoms with Crippen LogP contribution < -0.4 is 0 Å². The first kappa shape index (κ1) is 15.0. The van der Waals surface area contributed by atoms with E-state index in [1.165, 1.54) is 32.1 Å². The number of aliphatic hydroxyl groups is 1. The predicted molar refractivity (Wildman–Crippen MR) is 86.8 cm³/mol. The highest BCUT2D eigenvalue weighted by Crippen LogP contribution is 2.66. The summed E-state index contributed by atoms with van der Waals surface area (Å²) in [6.45, 7) is 5.02. The zero-order valence-electron chi connectivity index (χ0n) is 14.2. The van der Waals surface area contributed by atoms with Crippen LogP contribution in [-0.2, 0) is 0 Å². The van der Waals surface area contributed by atoms with Gasteiger partial charge in [-0.2, -0.15) is 5.26 Å². The van der Waals surface area contributed by atoms with Crippen molar-refractivity contribution in [2.45, 2.75) is 77.7 Å². The van der Waals surface area contributed by atoms with Gasteiger partial charge in [-0.05, 0) is 92.3 Å². The van der Waals surface area contributed by atoms with E-state index in [-0.39, 0.29) is 6.10 Å². The Balaban J connectivity index is 1.61. The van der Waals surface area contributed by atoms with Gasteiger partial charge in [-0.1, -0.05) is 13.8 Å². The molecule has 0 amide bonds. The van der Waals surface area contributed by atoms with Crippen molar-refractivity contribution < 1.29 is 5.11 Å². The third-order valence-corrected chi connectivity index (χ3v) is 8.59. The van der Waals surface area contributed by atoms with E-state index in [9.17, 15) is 10.4 Å². The van der Waals surface area contributed by atoms with Gasteiger partial charge in [0.05, 0.1) is 12.2 Å². The van der Waals surface area contributed by atoms with E-state index in [1.807, 2.05) is 0 Å². The summed E-state index contributed by atoms with van der Waals surface area (Å²) < 4.78 is 0. The molecule has 0 aliphatic heterocycles. The van der Waals surface area contributed by atoms with E-state index in [0.717, 1.165) is 49.4 Å². The van der Waals surface area contributed by atoms with Crippen molar-refractivity contribution in [1.82, 2.24) is 0 Å². The van der Waals surface area contributed by atoms with E-state index in [4.69, 9.17) is 0 Å². The fourth-order valence-electron chi connectivity index (χ4n) is 7.39. The lowest BCUT2D eigenvalue weighted by atomic mass is 9.45. The zero-order valence-corrected chi connectivity index (χ0v) is 14.2. The van der Waals surface area contributed by atoms with Crippen molar-refractivity contribution in [3.05, 3.63) is 0 Å². The molecular weight excluding hydrogens is 270 g/mol. The zero-order chi connectivity index (χ0) is 15.5. The summed E-state index contributed by atoms with van der Waals surface area (Å²) in [5.74, 6) is 3.56. The van der Waals surface area contributed by atoms with Gasteiger partial charge in [0.2, 0.25) is 0 Å². The fraction of sp³-hybridized carbons (Fsp3) is 0.950. The fourth-order valence-corrected chi connectivity index (χ4v) is 7.39. The highest BCUT2D eigenvalue weighted by molar-refractivity contribution is 5.10. The molecule has 4 fully saturated rings. The molecule has 2 heteroatoms. The molecule has 4 aliphatic carbocycles. The minimum Gasteiger partial charge on any atom is -0.393 e. The molecule has 4 aliphatic rings. The maximum Gasteiger partial charge on any atom is 0.0656 e. The number of hydrogen-bond donors (Lipinski definition) is 1. The molecule has 0 saturated heterocycles. The second-order valence-corrected chi connectivity index (χ2v) is 9.54. The van der Waals surface area contributed by atoms with Crippen LogP contribution in [0, 0.1) is 51.8 Å². The van der Waals surface area contributed by atoms with Gasteiger partial charge in [0.15, 0.2) is 0 Å². The van der Waals surface area contributed by atoms with E-state index < -0.39 is 0 Å². The molecule has 4 saturated carbocycles. The molecule has 8 atom stereocenters. The first-order valence-electron chi connectivity index (χ1n) is 9.54. The maximum absolute atomic E-state index is 10.1. The van der Waals surface area contributed by atoms with Crippen molar-refractivity contribution in [2.75, 3.05) is 0 Å². The number of nitriles is 1. The van der Waals surface area contributed by atoms with Crippen LogP contribution in [0.1, 0.15) is 71.6 Å². The van der Waals surface area contributed by atoms with E-state index in [0.29, 0.717) is 16.7 Å². The molecule has 22 heavy (non-hydrogen) atoms. The highest BCUT2D eigenvalue weighted by atomic mass is 16.3. The average Bonchev–Trinajstić information content (AvgIpc) is 2.85. The van der Waals surface area contributed by atoms with Gasteiger partial charge in [-0.25, -0.2) is 0 Å². The summed E-state index contributed by atoms with van der Waals surface area (Å²) in [4.78, 5) is 0. The standard InChI is InChI=1S/C20H31NO/c1-19-7-6-17-16(18(19)9-13(11-19)12-21)4-3-14-10-15(22)5-8-20(14,17)2/h13-18,22H,3-11H2,1-2H3/t13-,14+,15?,16+,17-,18?,19+,20-/m1/s1. The Morgan fingerprint density at radius 2 is 1.82 bits per heavy atom. The second kappa shape index (κ2) is 4.97. The number of rotatable bonds is 0. The lowest BCUT2D eigenvalue weighted by Gasteiger charge is -2.60. The minimum absolute atomic E-state index is 0.0436. The first-order valence-corrected chi connectivity index (χ1v) is 9.54. The molecule has 4 rings (SSSR count). The van der Waals surface area contributed by atoms with Crippen LogP contribution in [0.25, 0.3) is 0 Å². The molecule has 0 aromatic carbocycles. The highest BCUT2D eigenvalue weighted by Gasteiger charge is 2.59. The van der Waals surface area contributed by atoms with Gasteiger partial charge in [0, 0.05) is 5.92 Å². The van der Waals surface area contributed by atoms with Crippen LogP contribution in [0.15, 0.2) is 0 Å². The molecule has 0 heterocycles. The largest absolute Gasteiger partial charge is 0.393 e. The van der Waals surface area contributed by atoms with Crippen molar-refractivity contribution in [3.63, 3.8) is 0 Å². The van der Waals surface area contributed by atoms with Gasteiger partial charge in [0.25, 0.3) is 0 Å². The third kappa shape index (κ3) is 2.01. The summed E-state index contributed by atoms with van der Waals surface area (Å²) in [5, 5.41) is 19.5. The molecule has 2 unspecified atom stereocenters. The molecule has 0 bridgehead atoms. The SMILES string of the molecule is C[C@@]12CC[C@@H]3[C@H](CC[C@H]4CC(O)CC[C@]43C)C1C[C@@H](C#N)C2. The van der Waals surface area contributed by atoms with Crippen LogP contribution in [-0.4, -0.2) is 11.2 Å². The summed E-state index contributed by atoms with van der Waals surface area (Å²) in [6.07, 6.45) is 10.9. The van der Waals surface area contributed by atoms with Crippen LogP contribution in [0.5, 0.6) is 0 Å². The Bertz CT molecular complexity index is 496. The Kier molecular flexibility index (Phi) is 3.39. The van der Waals surface area contributed by atoms with E-state index in [2.05, 4.69) is 19.9 Å². The molecule has 122 valence electrons. The van der Waals surface area contributed by atoms with Gasteiger partial charge >= 0.3 is 0 Å².